The monoisotopic (exact) mass is 287 g/mol. The Morgan fingerprint density at radius 1 is 1.19 bits per heavy atom. The van der Waals surface area contributed by atoms with Crippen LogP contribution < -0.4 is 5.73 Å². The Hall–Kier alpha value is -0.860. The molecule has 116 valence electrons. The molecule has 2 heteroatoms. The molecule has 1 aromatic carbocycles. The fourth-order valence-corrected chi connectivity index (χ4v) is 4.83. The van der Waals surface area contributed by atoms with Crippen molar-refractivity contribution in [1.82, 2.24) is 0 Å². The summed E-state index contributed by atoms with van der Waals surface area (Å²) in [7, 11) is 0. The number of hydrogen-bond acceptors (Lipinski definition) is 2. The van der Waals surface area contributed by atoms with E-state index in [2.05, 4.69) is 38.1 Å². The van der Waals surface area contributed by atoms with Gasteiger partial charge in [-0.25, -0.2) is 0 Å². The summed E-state index contributed by atoms with van der Waals surface area (Å²) in [5.41, 5.74) is 8.13. The van der Waals surface area contributed by atoms with Gasteiger partial charge in [-0.2, -0.15) is 0 Å². The summed E-state index contributed by atoms with van der Waals surface area (Å²) < 4.78 is 0. The zero-order valence-electron chi connectivity index (χ0n) is 13.4. The third-order valence-electron chi connectivity index (χ3n) is 6.47. The summed E-state index contributed by atoms with van der Waals surface area (Å²) in [5, 5.41) is 11.6. The van der Waals surface area contributed by atoms with Crippen molar-refractivity contribution >= 4 is 0 Å². The lowest BCUT2D eigenvalue weighted by atomic mass is 9.54. The van der Waals surface area contributed by atoms with E-state index in [0.717, 1.165) is 38.5 Å². The van der Waals surface area contributed by atoms with E-state index < -0.39 is 5.60 Å². The maximum absolute atomic E-state index is 11.6. The van der Waals surface area contributed by atoms with Gasteiger partial charge in [0.05, 0.1) is 5.60 Å². The minimum absolute atomic E-state index is 0.240. The first-order valence-corrected chi connectivity index (χ1v) is 8.53. The summed E-state index contributed by atoms with van der Waals surface area (Å²) in [4.78, 5) is 0. The van der Waals surface area contributed by atoms with Crippen molar-refractivity contribution in [3.8, 4) is 0 Å². The van der Waals surface area contributed by atoms with Crippen LogP contribution in [0.3, 0.4) is 0 Å². The molecule has 1 fully saturated rings. The second-order valence-electron chi connectivity index (χ2n) is 7.53. The van der Waals surface area contributed by atoms with Gasteiger partial charge in [-0.3, -0.25) is 0 Å². The molecular weight excluding hydrogens is 258 g/mol. The average molecular weight is 287 g/mol. The summed E-state index contributed by atoms with van der Waals surface area (Å²) >= 11 is 0. The van der Waals surface area contributed by atoms with E-state index in [4.69, 9.17) is 5.73 Å². The van der Waals surface area contributed by atoms with Crippen LogP contribution in [-0.4, -0.2) is 17.3 Å². The molecule has 3 rings (SSSR count). The van der Waals surface area contributed by atoms with E-state index in [1.54, 1.807) is 0 Å². The number of nitrogens with two attached hydrogens (primary N) is 1. The molecule has 0 saturated heterocycles. The van der Waals surface area contributed by atoms with Crippen LogP contribution in [0.4, 0.5) is 0 Å². The fraction of sp³-hybridized carbons (Fsp3) is 0.684. The Balaban J connectivity index is 2.05. The van der Waals surface area contributed by atoms with Crippen molar-refractivity contribution in [2.75, 3.05) is 6.54 Å². The Morgan fingerprint density at radius 2 is 1.95 bits per heavy atom. The van der Waals surface area contributed by atoms with Gasteiger partial charge in [-0.1, -0.05) is 38.1 Å². The molecule has 0 amide bonds. The van der Waals surface area contributed by atoms with Crippen LogP contribution in [0.25, 0.3) is 0 Å². The first-order chi connectivity index (χ1) is 10.0. The lowest BCUT2D eigenvalue weighted by molar-refractivity contribution is -0.0951. The maximum Gasteiger partial charge on any atom is 0.0758 e. The Bertz CT molecular complexity index is 514. The summed E-state index contributed by atoms with van der Waals surface area (Å²) in [5.74, 6) is 1.28. The predicted octanol–water partition coefficient (Wildman–Crippen LogP) is 3.41. The van der Waals surface area contributed by atoms with Gasteiger partial charge in [-0.05, 0) is 61.5 Å². The fourth-order valence-electron chi connectivity index (χ4n) is 4.83. The van der Waals surface area contributed by atoms with Gasteiger partial charge in [0.2, 0.25) is 0 Å². The highest BCUT2D eigenvalue weighted by molar-refractivity contribution is 5.40. The lowest BCUT2D eigenvalue weighted by Gasteiger charge is -2.54. The zero-order chi connectivity index (χ0) is 15.1. The van der Waals surface area contributed by atoms with E-state index in [0.29, 0.717) is 18.4 Å². The van der Waals surface area contributed by atoms with Gasteiger partial charge in [0.25, 0.3) is 0 Å². The topological polar surface area (TPSA) is 46.2 Å². The zero-order valence-corrected chi connectivity index (χ0v) is 13.4. The van der Waals surface area contributed by atoms with Crippen molar-refractivity contribution < 1.29 is 5.11 Å². The highest BCUT2D eigenvalue weighted by Crippen LogP contribution is 2.52. The van der Waals surface area contributed by atoms with Crippen LogP contribution in [0.15, 0.2) is 24.3 Å². The van der Waals surface area contributed by atoms with Crippen molar-refractivity contribution in [1.29, 1.82) is 0 Å². The summed E-state index contributed by atoms with van der Waals surface area (Å²) in [6, 6.07) is 8.65. The molecule has 0 aromatic heterocycles. The quantitative estimate of drug-likeness (QED) is 0.875. The number of aliphatic hydroxyl groups is 1. The third-order valence-corrected chi connectivity index (χ3v) is 6.47. The van der Waals surface area contributed by atoms with Crippen LogP contribution in [0.5, 0.6) is 0 Å². The molecule has 1 aromatic rings. The lowest BCUT2D eigenvalue weighted by Crippen LogP contribution is -2.59. The van der Waals surface area contributed by atoms with Crippen LogP contribution in [-0.2, 0) is 11.8 Å². The van der Waals surface area contributed by atoms with Crippen molar-refractivity contribution in [2.45, 2.75) is 63.4 Å². The first kappa shape index (κ1) is 15.1. The van der Waals surface area contributed by atoms with Crippen LogP contribution in [0, 0.1) is 11.8 Å². The minimum atomic E-state index is -0.635. The van der Waals surface area contributed by atoms with Crippen molar-refractivity contribution in [2.24, 2.45) is 17.6 Å². The van der Waals surface area contributed by atoms with Gasteiger partial charge >= 0.3 is 0 Å². The molecule has 4 unspecified atom stereocenters. The molecule has 0 spiro atoms. The second-order valence-corrected chi connectivity index (χ2v) is 7.53. The van der Waals surface area contributed by atoms with E-state index in [9.17, 15) is 5.11 Å². The standard InChI is InChI=1S/C19H29NO/c1-14-9-11-19(21,12-15(14)2)18(13-20)10-5-7-16-6-3-4-8-17(16)18/h3-4,6,8,14-15,21H,5,7,9-13,20H2,1-2H3. The van der Waals surface area contributed by atoms with Crippen molar-refractivity contribution in [3.05, 3.63) is 35.4 Å². The molecule has 2 aliphatic rings. The number of aryl methyl sites for hydroxylation is 1. The van der Waals surface area contributed by atoms with E-state index in [1.165, 1.54) is 11.1 Å². The highest BCUT2D eigenvalue weighted by atomic mass is 16.3. The Labute approximate surface area is 128 Å². The van der Waals surface area contributed by atoms with Gasteiger partial charge in [-0.15, -0.1) is 0 Å². The SMILES string of the molecule is CC1CCC(O)(C2(CN)CCCc3ccccc32)CC1C. The normalized spacial score (nSPS) is 39.8. The molecule has 0 bridgehead atoms. The predicted molar refractivity (Wildman–Crippen MR) is 87.2 cm³/mol. The molecule has 1 saturated carbocycles. The molecule has 3 N–H and O–H groups in total. The number of fused-ring (bicyclic) bond motifs is 1. The Kier molecular flexibility index (Phi) is 3.87. The number of rotatable bonds is 2. The first-order valence-electron chi connectivity index (χ1n) is 8.53. The molecule has 0 heterocycles. The molecule has 4 atom stereocenters. The number of benzene rings is 1. The molecule has 0 radical (unpaired) electrons. The largest absolute Gasteiger partial charge is 0.389 e. The minimum Gasteiger partial charge on any atom is -0.389 e. The molecule has 2 aliphatic carbocycles. The van der Waals surface area contributed by atoms with Gasteiger partial charge in [0.15, 0.2) is 0 Å². The molecule has 2 nitrogen and oxygen atoms in total. The molecule has 21 heavy (non-hydrogen) atoms. The van der Waals surface area contributed by atoms with Crippen LogP contribution in [0.1, 0.15) is 57.1 Å². The van der Waals surface area contributed by atoms with Crippen molar-refractivity contribution in [3.63, 3.8) is 0 Å². The van der Waals surface area contributed by atoms with E-state index in [-0.39, 0.29) is 5.41 Å². The van der Waals surface area contributed by atoms with Gasteiger partial charge < -0.3 is 10.8 Å². The van der Waals surface area contributed by atoms with E-state index >= 15 is 0 Å². The summed E-state index contributed by atoms with van der Waals surface area (Å²) in [6.07, 6.45) is 6.18. The molecular formula is C19H29NO. The highest BCUT2D eigenvalue weighted by Gasteiger charge is 2.54. The average Bonchev–Trinajstić information content (AvgIpc) is 2.50. The van der Waals surface area contributed by atoms with Gasteiger partial charge in [0, 0.05) is 12.0 Å². The van der Waals surface area contributed by atoms with E-state index in [1.807, 2.05) is 0 Å². The smallest absolute Gasteiger partial charge is 0.0758 e. The summed E-state index contributed by atoms with van der Waals surface area (Å²) in [6.45, 7) is 5.16. The Morgan fingerprint density at radius 3 is 2.67 bits per heavy atom. The van der Waals surface area contributed by atoms with Crippen LogP contribution >= 0.6 is 0 Å². The molecule has 0 aliphatic heterocycles. The second kappa shape index (κ2) is 5.40. The van der Waals surface area contributed by atoms with Crippen LogP contribution in [0.2, 0.25) is 0 Å². The third kappa shape index (κ3) is 2.24. The number of hydrogen-bond donors (Lipinski definition) is 2. The maximum atomic E-state index is 11.6. The van der Waals surface area contributed by atoms with Gasteiger partial charge in [0.1, 0.15) is 0 Å².